The zero-order valence-corrected chi connectivity index (χ0v) is 19.0. The van der Waals surface area contributed by atoms with Gasteiger partial charge in [-0.15, -0.1) is 0 Å². The monoisotopic (exact) mass is 450 g/mol. The third-order valence-electron chi connectivity index (χ3n) is 6.82. The van der Waals surface area contributed by atoms with Gasteiger partial charge in [0.2, 0.25) is 15.9 Å². The van der Waals surface area contributed by atoms with E-state index < -0.39 is 10.0 Å². The number of rotatable bonds is 4. The van der Waals surface area contributed by atoms with Crippen LogP contribution in [0, 0.1) is 5.92 Å². The lowest BCUT2D eigenvalue weighted by molar-refractivity contribution is -0.137. The van der Waals surface area contributed by atoms with Crippen LogP contribution < -0.4 is 0 Å². The molecule has 31 heavy (non-hydrogen) atoms. The van der Waals surface area contributed by atoms with Crippen LogP contribution in [0.2, 0.25) is 0 Å². The number of piperidine rings is 2. The summed E-state index contributed by atoms with van der Waals surface area (Å²) in [6, 6.07) is 1.46. The quantitative estimate of drug-likeness (QED) is 0.762. The average molecular weight is 451 g/mol. The van der Waals surface area contributed by atoms with E-state index >= 15 is 0 Å². The molecular weight excluding hydrogens is 416 g/mol. The van der Waals surface area contributed by atoms with Crippen molar-refractivity contribution in [2.24, 2.45) is 5.92 Å². The Morgan fingerprint density at radius 2 is 1.45 bits per heavy atom. The van der Waals surface area contributed by atoms with Gasteiger partial charge in [0.25, 0.3) is 5.91 Å². The van der Waals surface area contributed by atoms with Crippen LogP contribution in [0.4, 0.5) is 0 Å². The third kappa shape index (κ3) is 4.98. The van der Waals surface area contributed by atoms with Crippen molar-refractivity contribution >= 4 is 21.8 Å². The van der Waals surface area contributed by atoms with Crippen LogP contribution >= 0.6 is 0 Å². The van der Waals surface area contributed by atoms with Crippen LogP contribution in [0.15, 0.2) is 17.2 Å². The number of likely N-dealkylation sites (tertiary alicyclic amines) is 2. The van der Waals surface area contributed by atoms with Crippen molar-refractivity contribution in [2.75, 3.05) is 39.3 Å². The number of hydrogen-bond donors (Lipinski definition) is 1. The van der Waals surface area contributed by atoms with E-state index in [2.05, 4.69) is 4.98 Å². The summed E-state index contributed by atoms with van der Waals surface area (Å²) >= 11 is 0. The number of nitrogens with one attached hydrogen (secondary N) is 1. The summed E-state index contributed by atoms with van der Waals surface area (Å²) in [5, 5.41) is 0. The minimum absolute atomic E-state index is 0.0886. The van der Waals surface area contributed by atoms with Gasteiger partial charge in [-0.1, -0.05) is 12.8 Å². The Kier molecular flexibility index (Phi) is 7.01. The molecule has 0 spiro atoms. The first-order valence-corrected chi connectivity index (χ1v) is 13.2. The molecule has 3 aliphatic rings. The number of carbonyl (C=O) groups is 2. The van der Waals surface area contributed by atoms with Gasteiger partial charge in [-0.05, 0) is 51.0 Å². The van der Waals surface area contributed by atoms with Crippen molar-refractivity contribution in [3.05, 3.63) is 18.0 Å². The van der Waals surface area contributed by atoms with Gasteiger partial charge >= 0.3 is 0 Å². The van der Waals surface area contributed by atoms with Crippen molar-refractivity contribution in [3.8, 4) is 0 Å². The van der Waals surface area contributed by atoms with Crippen molar-refractivity contribution in [1.82, 2.24) is 19.1 Å². The molecule has 4 rings (SSSR count). The molecule has 0 aliphatic carbocycles. The van der Waals surface area contributed by atoms with Crippen molar-refractivity contribution in [1.29, 1.82) is 0 Å². The molecule has 3 aliphatic heterocycles. The number of hydrogen-bond acceptors (Lipinski definition) is 4. The lowest BCUT2D eigenvalue weighted by Gasteiger charge is -2.35. The summed E-state index contributed by atoms with van der Waals surface area (Å²) in [7, 11) is -3.75. The van der Waals surface area contributed by atoms with E-state index in [4.69, 9.17) is 0 Å². The highest BCUT2D eigenvalue weighted by Crippen LogP contribution is 2.27. The molecule has 1 aromatic heterocycles. The van der Waals surface area contributed by atoms with Gasteiger partial charge < -0.3 is 14.8 Å². The number of sulfonamides is 1. The first kappa shape index (κ1) is 22.3. The van der Waals surface area contributed by atoms with Crippen LogP contribution in [0.1, 0.15) is 68.3 Å². The van der Waals surface area contributed by atoms with E-state index in [0.29, 0.717) is 31.7 Å². The number of amides is 2. The number of aromatic nitrogens is 1. The highest BCUT2D eigenvalue weighted by molar-refractivity contribution is 7.89. The zero-order valence-electron chi connectivity index (χ0n) is 18.2. The molecule has 0 unspecified atom stereocenters. The summed E-state index contributed by atoms with van der Waals surface area (Å²) in [5.41, 5.74) is 0.318. The Morgan fingerprint density at radius 3 is 2.13 bits per heavy atom. The van der Waals surface area contributed by atoms with E-state index in [0.717, 1.165) is 64.5 Å². The predicted octanol–water partition coefficient (Wildman–Crippen LogP) is 2.44. The largest absolute Gasteiger partial charge is 0.356 e. The average Bonchev–Trinajstić information content (AvgIpc) is 3.16. The summed E-state index contributed by atoms with van der Waals surface area (Å²) < 4.78 is 27.9. The SMILES string of the molecule is O=C(c1cc(S(=O)(=O)N2CCC[C@H](C(=O)N3CCCCC3)C2)c[nH]1)N1CCCCCC1. The Morgan fingerprint density at radius 1 is 0.839 bits per heavy atom. The van der Waals surface area contributed by atoms with Gasteiger partial charge in [-0.2, -0.15) is 4.31 Å². The third-order valence-corrected chi connectivity index (χ3v) is 8.66. The van der Waals surface area contributed by atoms with Crippen LogP contribution in [-0.4, -0.2) is 78.6 Å². The maximum Gasteiger partial charge on any atom is 0.270 e. The molecule has 1 N–H and O–H groups in total. The van der Waals surface area contributed by atoms with E-state index in [1.165, 1.54) is 16.6 Å². The number of aromatic amines is 1. The Bertz CT molecular complexity index is 883. The molecule has 8 nitrogen and oxygen atoms in total. The van der Waals surface area contributed by atoms with E-state index in [1.807, 2.05) is 9.80 Å². The van der Waals surface area contributed by atoms with Gasteiger partial charge in [0, 0.05) is 45.5 Å². The van der Waals surface area contributed by atoms with Crippen LogP contribution in [0.5, 0.6) is 0 Å². The number of H-pyrrole nitrogens is 1. The Hall–Kier alpha value is -1.87. The second-order valence-electron chi connectivity index (χ2n) is 9.04. The highest BCUT2D eigenvalue weighted by atomic mass is 32.2. The molecule has 1 atom stereocenters. The maximum absolute atomic E-state index is 13.3. The summed E-state index contributed by atoms with van der Waals surface area (Å²) in [6.45, 7) is 3.62. The lowest BCUT2D eigenvalue weighted by Crippen LogP contribution is -2.47. The van der Waals surface area contributed by atoms with Crippen molar-refractivity contribution in [2.45, 2.75) is 62.7 Å². The first-order chi connectivity index (χ1) is 15.0. The maximum atomic E-state index is 13.3. The summed E-state index contributed by atoms with van der Waals surface area (Å²) in [4.78, 5) is 32.4. The molecular formula is C22H34N4O4S. The number of nitrogens with zero attached hydrogens (tertiary/aromatic N) is 3. The first-order valence-electron chi connectivity index (χ1n) is 11.7. The fraction of sp³-hybridized carbons (Fsp3) is 0.727. The molecule has 3 fully saturated rings. The standard InChI is InChI=1S/C22H34N4O4S/c27-21(24-10-6-3-7-11-24)18-9-8-14-26(17-18)31(29,30)19-15-20(23-16-19)22(28)25-12-4-1-2-5-13-25/h15-16,18,23H,1-14,17H2/t18-/m0/s1. The highest BCUT2D eigenvalue weighted by Gasteiger charge is 2.36. The summed E-state index contributed by atoms with van der Waals surface area (Å²) in [6.07, 6.45) is 10.2. The van der Waals surface area contributed by atoms with Crippen LogP contribution in [-0.2, 0) is 14.8 Å². The molecule has 172 valence electrons. The van der Waals surface area contributed by atoms with Gasteiger partial charge in [0.15, 0.2) is 0 Å². The minimum atomic E-state index is -3.75. The lowest BCUT2D eigenvalue weighted by atomic mass is 9.97. The number of carbonyl (C=O) groups excluding carboxylic acids is 2. The molecule has 9 heteroatoms. The topological polar surface area (TPSA) is 93.8 Å². The smallest absolute Gasteiger partial charge is 0.270 e. The van der Waals surface area contributed by atoms with Gasteiger partial charge in [-0.3, -0.25) is 9.59 Å². The van der Waals surface area contributed by atoms with Crippen molar-refractivity contribution < 1.29 is 18.0 Å². The predicted molar refractivity (Wildman–Crippen MR) is 117 cm³/mol. The molecule has 4 heterocycles. The van der Waals surface area contributed by atoms with E-state index in [-0.39, 0.29) is 29.2 Å². The fourth-order valence-electron chi connectivity index (χ4n) is 4.97. The molecule has 1 aromatic rings. The minimum Gasteiger partial charge on any atom is -0.356 e. The second-order valence-corrected chi connectivity index (χ2v) is 11.0. The van der Waals surface area contributed by atoms with Gasteiger partial charge in [-0.25, -0.2) is 8.42 Å². The van der Waals surface area contributed by atoms with Gasteiger partial charge in [0.1, 0.15) is 10.6 Å². The second kappa shape index (κ2) is 9.73. The Labute approximate surface area is 185 Å². The van der Waals surface area contributed by atoms with E-state index in [9.17, 15) is 18.0 Å². The van der Waals surface area contributed by atoms with E-state index in [1.54, 1.807) is 0 Å². The molecule has 0 radical (unpaired) electrons. The summed E-state index contributed by atoms with van der Waals surface area (Å²) in [5.74, 6) is -0.329. The van der Waals surface area contributed by atoms with Crippen molar-refractivity contribution in [3.63, 3.8) is 0 Å². The van der Waals surface area contributed by atoms with Gasteiger partial charge in [0.05, 0.1) is 5.92 Å². The molecule has 0 aromatic carbocycles. The van der Waals surface area contributed by atoms with Crippen LogP contribution in [0.25, 0.3) is 0 Å². The molecule has 0 saturated carbocycles. The molecule has 3 saturated heterocycles. The molecule has 0 bridgehead atoms. The zero-order chi connectivity index (χ0) is 21.8. The molecule has 2 amide bonds. The Balaban J connectivity index is 1.44. The fourth-order valence-corrected chi connectivity index (χ4v) is 6.49. The normalized spacial score (nSPS) is 24.1. The van der Waals surface area contributed by atoms with Crippen LogP contribution in [0.3, 0.4) is 0 Å².